The maximum absolute atomic E-state index is 13.4. The van der Waals surface area contributed by atoms with E-state index in [0.717, 1.165) is 17.7 Å². The quantitative estimate of drug-likeness (QED) is 0.782. The van der Waals surface area contributed by atoms with Crippen LogP contribution in [0.25, 0.3) is 0 Å². The number of rotatable bonds is 2. The summed E-state index contributed by atoms with van der Waals surface area (Å²) in [6.45, 7) is 9.44. The lowest BCUT2D eigenvalue weighted by atomic mass is 9.79. The standard InChI is InChI=1S/C16H23BFNO2/c1-15(2)16(3,4)21-17(20-15)12-6-5-7-14(10-12)19-9-8-13(18)11-19/h5-7,10,13H,8-9,11H2,1-4H3. The molecule has 0 aromatic heterocycles. The first-order valence-electron chi connectivity index (χ1n) is 7.63. The molecule has 2 fully saturated rings. The molecule has 2 saturated heterocycles. The van der Waals surface area contributed by atoms with Gasteiger partial charge in [-0.25, -0.2) is 4.39 Å². The van der Waals surface area contributed by atoms with Crippen molar-refractivity contribution in [3.63, 3.8) is 0 Å². The largest absolute Gasteiger partial charge is 0.494 e. The number of nitrogens with zero attached hydrogens (tertiary/aromatic N) is 1. The fraction of sp³-hybridized carbons (Fsp3) is 0.625. The minimum absolute atomic E-state index is 0.342. The Morgan fingerprint density at radius 2 is 1.86 bits per heavy atom. The fourth-order valence-corrected chi connectivity index (χ4v) is 2.80. The Balaban J connectivity index is 1.81. The highest BCUT2D eigenvalue weighted by atomic mass is 19.1. The van der Waals surface area contributed by atoms with Gasteiger partial charge in [0.15, 0.2) is 0 Å². The zero-order chi connectivity index (χ0) is 15.3. The first kappa shape index (κ1) is 14.9. The average Bonchev–Trinajstić information content (AvgIpc) is 2.92. The molecular formula is C16H23BFNO2. The van der Waals surface area contributed by atoms with Crippen LogP contribution in [0, 0.1) is 0 Å². The van der Waals surface area contributed by atoms with Gasteiger partial charge in [0, 0.05) is 18.8 Å². The van der Waals surface area contributed by atoms with Gasteiger partial charge >= 0.3 is 7.12 Å². The molecule has 0 radical (unpaired) electrons. The van der Waals surface area contributed by atoms with Gasteiger partial charge in [-0.05, 0) is 51.7 Å². The molecule has 1 aromatic carbocycles. The SMILES string of the molecule is CC1(C)OB(c2cccc(N3CCC(F)C3)c2)OC1(C)C. The lowest BCUT2D eigenvalue weighted by Gasteiger charge is -2.32. The molecule has 3 rings (SSSR count). The van der Waals surface area contributed by atoms with Gasteiger partial charge in [-0.3, -0.25) is 0 Å². The minimum atomic E-state index is -0.717. The normalized spacial score (nSPS) is 27.4. The lowest BCUT2D eigenvalue weighted by molar-refractivity contribution is 0.00578. The van der Waals surface area contributed by atoms with Crippen molar-refractivity contribution < 1.29 is 13.7 Å². The molecule has 0 spiro atoms. The van der Waals surface area contributed by atoms with Gasteiger partial charge in [0.25, 0.3) is 0 Å². The zero-order valence-electron chi connectivity index (χ0n) is 13.2. The third kappa shape index (κ3) is 2.69. The molecule has 2 aliphatic heterocycles. The molecule has 0 aliphatic carbocycles. The average molecular weight is 291 g/mol. The molecule has 1 aromatic rings. The second-order valence-corrected chi connectivity index (χ2v) is 7.02. The Bertz CT molecular complexity index is 519. The second-order valence-electron chi connectivity index (χ2n) is 7.02. The monoisotopic (exact) mass is 291 g/mol. The first-order chi connectivity index (χ1) is 9.78. The van der Waals surface area contributed by atoms with Crippen LogP contribution in [0.2, 0.25) is 0 Å². The van der Waals surface area contributed by atoms with Gasteiger partial charge in [0.2, 0.25) is 0 Å². The molecule has 2 aliphatic rings. The molecule has 2 heterocycles. The maximum atomic E-state index is 13.4. The summed E-state index contributed by atoms with van der Waals surface area (Å²) in [5.74, 6) is 0. The van der Waals surface area contributed by atoms with Crippen LogP contribution in [-0.4, -0.2) is 37.6 Å². The predicted molar refractivity (Wildman–Crippen MR) is 83.9 cm³/mol. The fourth-order valence-electron chi connectivity index (χ4n) is 2.80. The van der Waals surface area contributed by atoms with Crippen LogP contribution in [0.1, 0.15) is 34.1 Å². The van der Waals surface area contributed by atoms with Crippen LogP contribution in [0.5, 0.6) is 0 Å². The summed E-state index contributed by atoms with van der Waals surface area (Å²) in [7, 11) is -0.362. The van der Waals surface area contributed by atoms with Gasteiger partial charge in [0.1, 0.15) is 6.17 Å². The van der Waals surface area contributed by atoms with E-state index in [0.29, 0.717) is 13.0 Å². The first-order valence-corrected chi connectivity index (χ1v) is 7.63. The van der Waals surface area contributed by atoms with E-state index < -0.39 is 6.17 Å². The van der Waals surface area contributed by atoms with E-state index >= 15 is 0 Å². The Morgan fingerprint density at radius 3 is 2.43 bits per heavy atom. The highest BCUT2D eigenvalue weighted by Crippen LogP contribution is 2.36. The van der Waals surface area contributed by atoms with Crippen molar-refractivity contribution in [1.29, 1.82) is 0 Å². The van der Waals surface area contributed by atoms with E-state index in [2.05, 4.69) is 11.0 Å². The number of anilines is 1. The van der Waals surface area contributed by atoms with Crippen molar-refractivity contribution in [3.8, 4) is 0 Å². The van der Waals surface area contributed by atoms with Crippen LogP contribution in [-0.2, 0) is 9.31 Å². The van der Waals surface area contributed by atoms with E-state index in [1.165, 1.54) is 0 Å². The molecule has 5 heteroatoms. The van der Waals surface area contributed by atoms with E-state index in [-0.39, 0.29) is 18.3 Å². The van der Waals surface area contributed by atoms with E-state index in [4.69, 9.17) is 9.31 Å². The number of benzene rings is 1. The zero-order valence-corrected chi connectivity index (χ0v) is 13.2. The van der Waals surface area contributed by atoms with Crippen LogP contribution in [0.4, 0.5) is 10.1 Å². The summed E-state index contributed by atoms with van der Waals surface area (Å²) in [6.07, 6.45) is -0.105. The van der Waals surface area contributed by atoms with Gasteiger partial charge in [-0.15, -0.1) is 0 Å². The van der Waals surface area contributed by atoms with Crippen LogP contribution < -0.4 is 10.4 Å². The molecular weight excluding hydrogens is 268 g/mol. The third-order valence-electron chi connectivity index (χ3n) is 4.89. The topological polar surface area (TPSA) is 21.7 Å². The summed E-state index contributed by atoms with van der Waals surface area (Å²) < 4.78 is 25.5. The third-order valence-corrected chi connectivity index (χ3v) is 4.89. The van der Waals surface area contributed by atoms with Crippen molar-refractivity contribution >= 4 is 18.3 Å². The number of hydrogen-bond donors (Lipinski definition) is 0. The Kier molecular flexibility index (Phi) is 3.53. The molecule has 0 bridgehead atoms. The van der Waals surface area contributed by atoms with Crippen molar-refractivity contribution in [2.45, 2.75) is 51.5 Å². The molecule has 1 atom stereocenters. The van der Waals surface area contributed by atoms with E-state index in [1.807, 2.05) is 45.9 Å². The van der Waals surface area contributed by atoms with E-state index in [1.54, 1.807) is 0 Å². The van der Waals surface area contributed by atoms with Gasteiger partial charge in [-0.1, -0.05) is 12.1 Å². The molecule has 1 unspecified atom stereocenters. The molecule has 0 amide bonds. The summed E-state index contributed by atoms with van der Waals surface area (Å²) in [5.41, 5.74) is 1.35. The van der Waals surface area contributed by atoms with Crippen molar-refractivity contribution in [1.82, 2.24) is 0 Å². The number of hydrogen-bond acceptors (Lipinski definition) is 3. The highest BCUT2D eigenvalue weighted by molar-refractivity contribution is 6.62. The van der Waals surface area contributed by atoms with Gasteiger partial charge in [-0.2, -0.15) is 0 Å². The molecule has 0 N–H and O–H groups in total. The van der Waals surface area contributed by atoms with Gasteiger partial charge < -0.3 is 14.2 Å². The lowest BCUT2D eigenvalue weighted by Crippen LogP contribution is -2.41. The summed E-state index contributed by atoms with van der Waals surface area (Å²) >= 11 is 0. The van der Waals surface area contributed by atoms with Crippen molar-refractivity contribution in [2.75, 3.05) is 18.0 Å². The Morgan fingerprint density at radius 1 is 1.19 bits per heavy atom. The van der Waals surface area contributed by atoms with Crippen molar-refractivity contribution in [2.24, 2.45) is 0 Å². The smallest absolute Gasteiger partial charge is 0.399 e. The Hall–Kier alpha value is -1.07. The summed E-state index contributed by atoms with van der Waals surface area (Å²) in [6, 6.07) is 8.07. The second kappa shape index (κ2) is 4.99. The maximum Gasteiger partial charge on any atom is 0.494 e. The van der Waals surface area contributed by atoms with E-state index in [9.17, 15) is 4.39 Å². The van der Waals surface area contributed by atoms with Crippen LogP contribution in [0.15, 0.2) is 24.3 Å². The molecule has 114 valence electrons. The Labute approximate surface area is 126 Å². The number of halogens is 1. The molecule has 21 heavy (non-hydrogen) atoms. The molecule has 0 saturated carbocycles. The van der Waals surface area contributed by atoms with Crippen LogP contribution in [0.3, 0.4) is 0 Å². The number of alkyl halides is 1. The highest BCUT2D eigenvalue weighted by Gasteiger charge is 2.51. The summed E-state index contributed by atoms with van der Waals surface area (Å²) in [5, 5.41) is 0. The van der Waals surface area contributed by atoms with Gasteiger partial charge in [0.05, 0.1) is 11.2 Å². The predicted octanol–water partition coefficient (Wildman–Crippen LogP) is 2.53. The molecule has 3 nitrogen and oxygen atoms in total. The van der Waals surface area contributed by atoms with Crippen molar-refractivity contribution in [3.05, 3.63) is 24.3 Å². The van der Waals surface area contributed by atoms with Crippen LogP contribution >= 0.6 is 0 Å². The summed E-state index contributed by atoms with van der Waals surface area (Å²) in [4.78, 5) is 2.08. The minimum Gasteiger partial charge on any atom is -0.399 e.